The van der Waals surface area contributed by atoms with Crippen LogP contribution in [0.1, 0.15) is 48.0 Å². The summed E-state index contributed by atoms with van der Waals surface area (Å²) in [6.45, 7) is 0.523. The van der Waals surface area contributed by atoms with Crippen molar-refractivity contribution >= 4 is 23.4 Å². The Hall–Kier alpha value is -2.01. The smallest absolute Gasteiger partial charge is 0.254 e. The lowest BCUT2D eigenvalue weighted by molar-refractivity contribution is 0.0947. The molecule has 1 N–H and O–H groups in total. The molecule has 1 aromatic carbocycles. The summed E-state index contributed by atoms with van der Waals surface area (Å²) in [7, 11) is 2.19. The molecule has 0 radical (unpaired) electrons. The fourth-order valence-electron chi connectivity index (χ4n) is 3.53. The highest BCUT2D eigenvalue weighted by Crippen LogP contribution is 2.26. The molecule has 1 saturated carbocycles. The van der Waals surface area contributed by atoms with Crippen molar-refractivity contribution in [2.24, 2.45) is 0 Å². The Bertz CT molecular complexity index is 726. The summed E-state index contributed by atoms with van der Waals surface area (Å²) < 4.78 is 0. The van der Waals surface area contributed by atoms with Gasteiger partial charge < -0.3 is 10.2 Å². The van der Waals surface area contributed by atoms with Crippen LogP contribution in [0.3, 0.4) is 0 Å². The van der Waals surface area contributed by atoms with Gasteiger partial charge in [-0.15, -0.1) is 11.8 Å². The molecule has 0 unspecified atom stereocenters. The van der Waals surface area contributed by atoms with E-state index < -0.39 is 0 Å². The molecule has 0 aliphatic heterocycles. The maximum atomic E-state index is 12.4. The molecule has 0 bridgehead atoms. The first-order valence-corrected chi connectivity index (χ1v) is 10.5. The van der Waals surface area contributed by atoms with E-state index in [4.69, 9.17) is 0 Å². The van der Waals surface area contributed by atoms with Crippen molar-refractivity contribution in [1.29, 1.82) is 0 Å². The minimum atomic E-state index is -0.0779. The van der Waals surface area contributed by atoms with Crippen molar-refractivity contribution in [3.63, 3.8) is 0 Å². The third kappa shape index (κ3) is 4.58. The predicted molar refractivity (Wildman–Crippen MR) is 109 cm³/mol. The van der Waals surface area contributed by atoms with E-state index in [9.17, 15) is 4.79 Å². The van der Waals surface area contributed by atoms with Crippen LogP contribution in [-0.2, 0) is 6.54 Å². The molecule has 1 aliphatic carbocycles. The van der Waals surface area contributed by atoms with Crippen molar-refractivity contribution in [3.05, 3.63) is 53.7 Å². The van der Waals surface area contributed by atoms with E-state index in [2.05, 4.69) is 46.5 Å². The Morgan fingerprint density at radius 1 is 1.19 bits per heavy atom. The molecule has 5 heteroatoms. The molecule has 1 amide bonds. The van der Waals surface area contributed by atoms with Crippen molar-refractivity contribution in [2.45, 2.75) is 49.7 Å². The lowest BCUT2D eigenvalue weighted by Crippen LogP contribution is -2.33. The zero-order valence-electron chi connectivity index (χ0n) is 15.6. The largest absolute Gasteiger partial charge is 0.372 e. The first-order chi connectivity index (χ1) is 12.7. The fraction of sp³-hybridized carbons (Fsp3) is 0.429. The molecule has 138 valence electrons. The second kappa shape index (κ2) is 9.08. The Morgan fingerprint density at radius 2 is 1.92 bits per heavy atom. The van der Waals surface area contributed by atoms with E-state index in [1.165, 1.54) is 49.6 Å². The highest BCUT2D eigenvalue weighted by Gasteiger charge is 2.18. The molecule has 1 fully saturated rings. The molecule has 26 heavy (non-hydrogen) atoms. The van der Waals surface area contributed by atoms with Crippen LogP contribution in [-0.4, -0.2) is 30.2 Å². The molecule has 1 heterocycles. The summed E-state index contributed by atoms with van der Waals surface area (Å²) >= 11 is 1.49. The van der Waals surface area contributed by atoms with Crippen molar-refractivity contribution in [1.82, 2.24) is 10.3 Å². The molecule has 0 saturated heterocycles. The number of nitrogens with one attached hydrogen (secondary N) is 1. The molecular weight excluding hydrogens is 342 g/mol. The summed E-state index contributed by atoms with van der Waals surface area (Å²) in [5, 5.41) is 3.75. The van der Waals surface area contributed by atoms with Gasteiger partial charge in [-0.3, -0.25) is 4.79 Å². The zero-order chi connectivity index (χ0) is 18.4. The highest BCUT2D eigenvalue weighted by atomic mass is 32.2. The molecule has 1 aliphatic rings. The molecule has 4 nitrogen and oxygen atoms in total. The average molecular weight is 370 g/mol. The van der Waals surface area contributed by atoms with Crippen LogP contribution in [0.4, 0.5) is 5.69 Å². The molecule has 1 aromatic heterocycles. The lowest BCUT2D eigenvalue weighted by atomic mass is 9.94. The first kappa shape index (κ1) is 18.8. The minimum Gasteiger partial charge on any atom is -0.372 e. The van der Waals surface area contributed by atoms with Gasteiger partial charge in [0.1, 0.15) is 5.03 Å². The third-order valence-corrected chi connectivity index (χ3v) is 5.84. The Kier molecular flexibility index (Phi) is 6.56. The topological polar surface area (TPSA) is 45.2 Å². The third-order valence-electron chi connectivity index (χ3n) is 5.13. The number of benzene rings is 1. The van der Waals surface area contributed by atoms with Gasteiger partial charge in [0.25, 0.3) is 5.91 Å². The van der Waals surface area contributed by atoms with Crippen LogP contribution in [0, 0.1) is 0 Å². The standard InChI is InChI=1S/C21H27N3OS/c1-24(17-7-4-3-5-8-17)18-12-10-16(11-13-18)15-23-20(25)19-9-6-14-22-21(19)26-2/h6,9-14,17H,3-5,7-8,15H2,1-2H3,(H,23,25). The summed E-state index contributed by atoms with van der Waals surface area (Å²) in [6.07, 6.45) is 10.3. The number of aromatic nitrogens is 1. The van der Waals surface area contributed by atoms with E-state index in [1.807, 2.05) is 12.3 Å². The summed E-state index contributed by atoms with van der Waals surface area (Å²) in [6, 6.07) is 12.8. The van der Waals surface area contributed by atoms with Gasteiger partial charge in [0.15, 0.2) is 0 Å². The maximum absolute atomic E-state index is 12.4. The second-order valence-corrected chi connectivity index (χ2v) is 7.61. The van der Waals surface area contributed by atoms with Crippen molar-refractivity contribution < 1.29 is 4.79 Å². The molecule has 2 aromatic rings. The number of hydrogen-bond donors (Lipinski definition) is 1. The van der Waals surface area contributed by atoms with E-state index in [1.54, 1.807) is 12.3 Å². The van der Waals surface area contributed by atoms with Crippen LogP contribution >= 0.6 is 11.8 Å². The van der Waals surface area contributed by atoms with Crippen LogP contribution in [0.5, 0.6) is 0 Å². The Morgan fingerprint density at radius 3 is 2.62 bits per heavy atom. The van der Waals surface area contributed by atoms with Gasteiger partial charge in [-0.1, -0.05) is 31.4 Å². The van der Waals surface area contributed by atoms with Crippen LogP contribution in [0.25, 0.3) is 0 Å². The van der Waals surface area contributed by atoms with Gasteiger partial charge in [0.2, 0.25) is 0 Å². The summed E-state index contributed by atoms with van der Waals surface area (Å²) in [5.41, 5.74) is 2.99. The van der Waals surface area contributed by atoms with Gasteiger partial charge in [0, 0.05) is 31.5 Å². The highest BCUT2D eigenvalue weighted by molar-refractivity contribution is 7.98. The Labute approximate surface area is 160 Å². The molecule has 0 atom stereocenters. The minimum absolute atomic E-state index is 0.0779. The summed E-state index contributed by atoms with van der Waals surface area (Å²) in [5.74, 6) is -0.0779. The van der Waals surface area contributed by atoms with E-state index >= 15 is 0 Å². The average Bonchev–Trinajstić information content (AvgIpc) is 2.72. The molecular formula is C21H27N3OS. The van der Waals surface area contributed by atoms with Gasteiger partial charge in [-0.25, -0.2) is 4.98 Å². The number of thioether (sulfide) groups is 1. The number of rotatable bonds is 6. The van der Waals surface area contributed by atoms with Gasteiger partial charge >= 0.3 is 0 Å². The number of anilines is 1. The lowest BCUT2D eigenvalue weighted by Gasteiger charge is -2.33. The van der Waals surface area contributed by atoms with E-state index in [0.29, 0.717) is 18.2 Å². The molecule has 3 rings (SSSR count). The summed E-state index contributed by atoms with van der Waals surface area (Å²) in [4.78, 5) is 19.1. The SMILES string of the molecule is CSc1ncccc1C(=O)NCc1ccc(N(C)C2CCCCC2)cc1. The van der Waals surface area contributed by atoms with Crippen LogP contribution in [0.15, 0.2) is 47.6 Å². The number of pyridine rings is 1. The van der Waals surface area contributed by atoms with E-state index in [-0.39, 0.29) is 5.91 Å². The van der Waals surface area contributed by atoms with Crippen LogP contribution < -0.4 is 10.2 Å². The van der Waals surface area contributed by atoms with Crippen molar-refractivity contribution in [2.75, 3.05) is 18.2 Å². The van der Waals surface area contributed by atoms with Crippen molar-refractivity contribution in [3.8, 4) is 0 Å². The maximum Gasteiger partial charge on any atom is 0.254 e. The second-order valence-electron chi connectivity index (χ2n) is 6.81. The van der Waals surface area contributed by atoms with Crippen LogP contribution in [0.2, 0.25) is 0 Å². The fourth-order valence-corrected chi connectivity index (χ4v) is 4.08. The molecule has 0 spiro atoms. The normalized spacial score (nSPS) is 14.8. The zero-order valence-corrected chi connectivity index (χ0v) is 16.4. The predicted octanol–water partition coefficient (Wildman–Crippen LogP) is 4.50. The van der Waals surface area contributed by atoms with Gasteiger partial charge in [0.05, 0.1) is 5.56 Å². The number of hydrogen-bond acceptors (Lipinski definition) is 4. The van der Waals surface area contributed by atoms with Gasteiger partial charge in [-0.05, 0) is 48.9 Å². The number of nitrogens with zero attached hydrogens (tertiary/aromatic N) is 2. The first-order valence-electron chi connectivity index (χ1n) is 9.28. The van der Waals surface area contributed by atoms with Gasteiger partial charge in [-0.2, -0.15) is 0 Å². The number of amides is 1. The quantitative estimate of drug-likeness (QED) is 0.762. The number of carbonyl (C=O) groups is 1. The number of carbonyl (C=O) groups excluding carboxylic acids is 1. The monoisotopic (exact) mass is 369 g/mol. The van der Waals surface area contributed by atoms with E-state index in [0.717, 1.165) is 10.6 Å². The Balaban J connectivity index is 1.58.